The lowest BCUT2D eigenvalue weighted by Gasteiger charge is -2.34. The molecule has 2 aromatic rings. The van der Waals surface area contributed by atoms with E-state index in [9.17, 15) is 18.0 Å². The summed E-state index contributed by atoms with van der Waals surface area (Å²) in [5, 5.41) is 0. The van der Waals surface area contributed by atoms with E-state index in [1.165, 1.54) is 16.4 Å². The van der Waals surface area contributed by atoms with Crippen LogP contribution in [0.2, 0.25) is 0 Å². The molecule has 160 valence electrons. The zero-order valence-corrected chi connectivity index (χ0v) is 17.8. The minimum absolute atomic E-state index is 0.167. The monoisotopic (exact) mass is 431 g/mol. The van der Waals surface area contributed by atoms with Gasteiger partial charge in [-0.2, -0.15) is 4.31 Å². The lowest BCUT2D eigenvalue weighted by atomic mass is 10.2. The highest BCUT2D eigenvalue weighted by atomic mass is 32.2. The van der Waals surface area contributed by atoms with Crippen molar-refractivity contribution in [2.24, 2.45) is 5.73 Å². The first-order valence-corrected chi connectivity index (χ1v) is 11.0. The van der Waals surface area contributed by atoms with Crippen molar-refractivity contribution < 1.29 is 22.7 Å². The van der Waals surface area contributed by atoms with Crippen LogP contribution in [0.25, 0.3) is 0 Å². The molecule has 1 aliphatic rings. The zero-order chi connectivity index (χ0) is 21.9. The number of hydrogen-bond acceptors (Lipinski definition) is 5. The molecule has 0 atom stereocenters. The van der Waals surface area contributed by atoms with Gasteiger partial charge in [-0.25, -0.2) is 8.42 Å². The number of sulfonamides is 1. The van der Waals surface area contributed by atoms with Gasteiger partial charge in [-0.1, -0.05) is 17.7 Å². The van der Waals surface area contributed by atoms with Crippen LogP contribution in [0.15, 0.2) is 47.4 Å². The average Bonchev–Trinajstić information content (AvgIpc) is 2.72. The summed E-state index contributed by atoms with van der Waals surface area (Å²) in [6.45, 7) is 4.60. The molecule has 2 N–H and O–H groups in total. The molecular weight excluding hydrogens is 406 g/mol. The van der Waals surface area contributed by atoms with Crippen LogP contribution in [0.4, 0.5) is 0 Å². The van der Waals surface area contributed by atoms with Crippen LogP contribution in [0.3, 0.4) is 0 Å². The van der Waals surface area contributed by atoms with E-state index in [0.717, 1.165) is 5.56 Å². The Morgan fingerprint density at radius 1 is 1.00 bits per heavy atom. The fourth-order valence-corrected chi connectivity index (χ4v) is 4.99. The maximum Gasteiger partial charge on any atom is 0.260 e. The summed E-state index contributed by atoms with van der Waals surface area (Å²) in [5.74, 6) is -0.312. The fraction of sp³-hybridized carbons (Fsp3) is 0.333. The number of piperazine rings is 1. The van der Waals surface area contributed by atoms with Gasteiger partial charge in [-0.3, -0.25) is 9.59 Å². The molecule has 8 nitrogen and oxygen atoms in total. The minimum atomic E-state index is -3.60. The van der Waals surface area contributed by atoms with Crippen molar-refractivity contribution in [3.63, 3.8) is 0 Å². The van der Waals surface area contributed by atoms with E-state index < -0.39 is 15.9 Å². The summed E-state index contributed by atoms with van der Waals surface area (Å²) in [5.41, 5.74) is 7.26. The quantitative estimate of drug-likeness (QED) is 0.742. The average molecular weight is 432 g/mol. The molecule has 1 fully saturated rings. The van der Waals surface area contributed by atoms with Crippen molar-refractivity contribution in [2.75, 3.05) is 32.8 Å². The number of hydrogen-bond donors (Lipinski definition) is 1. The van der Waals surface area contributed by atoms with Gasteiger partial charge in [-0.05, 0) is 49.7 Å². The highest BCUT2D eigenvalue weighted by Gasteiger charge is 2.31. The van der Waals surface area contributed by atoms with Crippen LogP contribution in [-0.4, -0.2) is 62.2 Å². The SMILES string of the molecule is Cc1ccc(S(=O)(=O)N2CCN(C(=O)COc3ccc(C(N)=O)cc3)CC2)c(C)c1. The Morgan fingerprint density at radius 3 is 2.20 bits per heavy atom. The summed E-state index contributed by atoms with van der Waals surface area (Å²) in [7, 11) is -3.60. The molecule has 0 aliphatic carbocycles. The summed E-state index contributed by atoms with van der Waals surface area (Å²) in [6.07, 6.45) is 0. The molecule has 0 bridgehead atoms. The molecule has 2 amide bonds. The van der Waals surface area contributed by atoms with E-state index in [1.54, 1.807) is 36.1 Å². The lowest BCUT2D eigenvalue weighted by Crippen LogP contribution is -2.51. The third kappa shape index (κ3) is 4.80. The molecule has 0 unspecified atom stereocenters. The predicted molar refractivity (Wildman–Crippen MR) is 112 cm³/mol. The van der Waals surface area contributed by atoms with Gasteiger partial charge in [0.1, 0.15) is 5.75 Å². The summed E-state index contributed by atoms with van der Waals surface area (Å²) < 4.78 is 32.8. The van der Waals surface area contributed by atoms with E-state index in [2.05, 4.69) is 0 Å². The number of nitrogens with two attached hydrogens (primary N) is 1. The van der Waals surface area contributed by atoms with Crippen LogP contribution < -0.4 is 10.5 Å². The Hall–Kier alpha value is -2.91. The molecule has 0 radical (unpaired) electrons. The molecule has 3 rings (SSSR count). The molecule has 0 saturated carbocycles. The van der Waals surface area contributed by atoms with Crippen molar-refractivity contribution in [2.45, 2.75) is 18.7 Å². The molecule has 1 saturated heterocycles. The maximum atomic E-state index is 12.9. The van der Waals surface area contributed by atoms with Gasteiger partial charge >= 0.3 is 0 Å². The molecule has 1 aliphatic heterocycles. The number of aryl methyl sites for hydroxylation is 2. The van der Waals surface area contributed by atoms with E-state index in [1.807, 2.05) is 13.0 Å². The lowest BCUT2D eigenvalue weighted by molar-refractivity contribution is -0.134. The molecule has 0 spiro atoms. The zero-order valence-electron chi connectivity index (χ0n) is 17.0. The van der Waals surface area contributed by atoms with E-state index in [0.29, 0.717) is 34.9 Å². The van der Waals surface area contributed by atoms with Crippen molar-refractivity contribution in [1.29, 1.82) is 0 Å². The number of primary amides is 1. The second-order valence-electron chi connectivity index (χ2n) is 7.23. The highest BCUT2D eigenvalue weighted by Crippen LogP contribution is 2.22. The molecule has 1 heterocycles. The van der Waals surface area contributed by atoms with Gasteiger partial charge in [-0.15, -0.1) is 0 Å². The number of carbonyl (C=O) groups is 2. The van der Waals surface area contributed by atoms with Crippen molar-refractivity contribution in [1.82, 2.24) is 9.21 Å². The summed E-state index contributed by atoms with van der Waals surface area (Å²) in [6, 6.07) is 11.5. The Morgan fingerprint density at radius 2 is 1.63 bits per heavy atom. The molecular formula is C21H25N3O5S. The predicted octanol–water partition coefficient (Wildman–Crippen LogP) is 1.31. The van der Waals surface area contributed by atoms with E-state index >= 15 is 0 Å². The number of rotatable bonds is 6. The molecule has 9 heteroatoms. The first-order valence-electron chi connectivity index (χ1n) is 9.56. The van der Waals surface area contributed by atoms with Gasteiger partial charge in [0.05, 0.1) is 4.90 Å². The Labute approximate surface area is 176 Å². The largest absolute Gasteiger partial charge is 0.484 e. The van der Waals surface area contributed by atoms with Gasteiger partial charge < -0.3 is 15.4 Å². The first kappa shape index (κ1) is 21.8. The highest BCUT2D eigenvalue weighted by molar-refractivity contribution is 7.89. The number of carbonyl (C=O) groups excluding carboxylic acids is 2. The Kier molecular flexibility index (Phi) is 6.42. The minimum Gasteiger partial charge on any atom is -0.484 e. The topological polar surface area (TPSA) is 110 Å². The van der Waals surface area contributed by atoms with Crippen molar-refractivity contribution in [3.05, 3.63) is 59.2 Å². The Balaban J connectivity index is 1.55. The van der Waals surface area contributed by atoms with Crippen LogP contribution >= 0.6 is 0 Å². The summed E-state index contributed by atoms with van der Waals surface area (Å²) >= 11 is 0. The van der Waals surface area contributed by atoms with Crippen LogP contribution in [0.1, 0.15) is 21.5 Å². The van der Waals surface area contributed by atoms with E-state index in [-0.39, 0.29) is 25.6 Å². The second kappa shape index (κ2) is 8.85. The number of nitrogens with zero attached hydrogens (tertiary/aromatic N) is 2. The fourth-order valence-electron chi connectivity index (χ4n) is 3.36. The normalized spacial score (nSPS) is 15.1. The van der Waals surface area contributed by atoms with Gasteiger partial charge in [0.25, 0.3) is 5.91 Å². The number of amides is 2. The third-order valence-corrected chi connectivity index (χ3v) is 7.10. The third-order valence-electron chi connectivity index (χ3n) is 5.04. The van der Waals surface area contributed by atoms with Crippen LogP contribution in [0.5, 0.6) is 5.75 Å². The van der Waals surface area contributed by atoms with Gasteiger partial charge in [0.15, 0.2) is 6.61 Å². The standard InChI is InChI=1S/C21H25N3O5S/c1-15-3-8-19(16(2)13-15)30(27,28)24-11-9-23(10-12-24)20(25)14-29-18-6-4-17(5-7-18)21(22)26/h3-8,13H,9-12,14H2,1-2H3,(H2,22,26). The van der Waals surface area contributed by atoms with Crippen LogP contribution in [-0.2, 0) is 14.8 Å². The molecule has 2 aromatic carbocycles. The Bertz CT molecular complexity index is 1040. The molecule has 30 heavy (non-hydrogen) atoms. The maximum absolute atomic E-state index is 12.9. The summed E-state index contributed by atoms with van der Waals surface area (Å²) in [4.78, 5) is 25.4. The van der Waals surface area contributed by atoms with Gasteiger partial charge in [0.2, 0.25) is 15.9 Å². The molecule has 0 aromatic heterocycles. The smallest absolute Gasteiger partial charge is 0.260 e. The van der Waals surface area contributed by atoms with E-state index in [4.69, 9.17) is 10.5 Å². The first-order chi connectivity index (χ1) is 14.2. The second-order valence-corrected chi connectivity index (χ2v) is 9.14. The number of ether oxygens (including phenoxy) is 1. The van der Waals surface area contributed by atoms with Crippen LogP contribution in [0, 0.1) is 13.8 Å². The van der Waals surface area contributed by atoms with Gasteiger partial charge in [0, 0.05) is 31.7 Å². The van der Waals surface area contributed by atoms with Crippen molar-refractivity contribution in [3.8, 4) is 5.75 Å². The van der Waals surface area contributed by atoms with Crippen molar-refractivity contribution >= 4 is 21.8 Å². The number of benzene rings is 2.